The third-order valence-electron chi connectivity index (χ3n) is 2.76. The lowest BCUT2D eigenvalue weighted by molar-refractivity contribution is -0.126. The van der Waals surface area contributed by atoms with Gasteiger partial charge in [0.2, 0.25) is 0 Å². The Balaban J connectivity index is 2.05. The van der Waals surface area contributed by atoms with Crippen molar-refractivity contribution in [2.45, 2.75) is 19.4 Å². The summed E-state index contributed by atoms with van der Waals surface area (Å²) in [6.45, 7) is 2.65. The molecule has 1 saturated heterocycles. The first-order valence-corrected chi connectivity index (χ1v) is 5.30. The van der Waals surface area contributed by atoms with Crippen LogP contribution in [0.3, 0.4) is 0 Å². The first-order chi connectivity index (χ1) is 7.68. The number of hydrogen-bond acceptors (Lipinski definition) is 4. The van der Waals surface area contributed by atoms with E-state index < -0.39 is 0 Å². The average molecular weight is 221 g/mol. The van der Waals surface area contributed by atoms with E-state index in [4.69, 9.17) is 10.5 Å². The Morgan fingerprint density at radius 2 is 2.50 bits per heavy atom. The molecule has 0 spiro atoms. The SMILES string of the molecule is CC1CCOC1C(=O)Nc1ccncc1N. The summed E-state index contributed by atoms with van der Waals surface area (Å²) in [7, 11) is 0. The minimum atomic E-state index is -0.368. The maximum Gasteiger partial charge on any atom is 0.253 e. The highest BCUT2D eigenvalue weighted by Gasteiger charge is 2.30. The number of hydrogen-bond donors (Lipinski definition) is 2. The van der Waals surface area contributed by atoms with Crippen LogP contribution in [0.25, 0.3) is 0 Å². The zero-order valence-corrected chi connectivity index (χ0v) is 9.14. The van der Waals surface area contributed by atoms with Crippen molar-refractivity contribution in [2.75, 3.05) is 17.7 Å². The van der Waals surface area contributed by atoms with Crippen LogP contribution in [-0.2, 0) is 9.53 Å². The molecule has 5 nitrogen and oxygen atoms in total. The summed E-state index contributed by atoms with van der Waals surface area (Å²) in [5, 5.41) is 2.75. The molecule has 1 amide bonds. The Hall–Kier alpha value is -1.62. The van der Waals surface area contributed by atoms with Gasteiger partial charge >= 0.3 is 0 Å². The standard InChI is InChI=1S/C11H15N3O2/c1-7-3-5-16-10(7)11(15)14-9-2-4-13-6-8(9)12/h2,4,6-7,10H,3,5,12H2,1H3,(H,13,14,15). The quantitative estimate of drug-likeness (QED) is 0.781. The van der Waals surface area contributed by atoms with Crippen molar-refractivity contribution < 1.29 is 9.53 Å². The summed E-state index contributed by atoms with van der Waals surface area (Å²) in [6.07, 6.45) is 3.65. The second-order valence-electron chi connectivity index (χ2n) is 4.01. The normalized spacial score (nSPS) is 24.3. The number of ether oxygens (including phenoxy) is 1. The molecule has 0 bridgehead atoms. The molecule has 16 heavy (non-hydrogen) atoms. The molecule has 0 aliphatic carbocycles. The zero-order valence-electron chi connectivity index (χ0n) is 9.14. The Kier molecular flexibility index (Phi) is 3.05. The molecule has 1 aromatic heterocycles. The molecule has 2 unspecified atom stereocenters. The number of amides is 1. The number of nitrogens with zero attached hydrogens (tertiary/aromatic N) is 1. The smallest absolute Gasteiger partial charge is 0.253 e. The lowest BCUT2D eigenvalue weighted by atomic mass is 10.0. The van der Waals surface area contributed by atoms with Gasteiger partial charge in [-0.05, 0) is 18.4 Å². The van der Waals surface area contributed by atoms with Crippen LogP contribution in [-0.4, -0.2) is 23.6 Å². The Labute approximate surface area is 94.0 Å². The molecular weight excluding hydrogens is 206 g/mol. The predicted octanol–water partition coefficient (Wildman–Crippen LogP) is 1.03. The molecule has 2 rings (SSSR count). The van der Waals surface area contributed by atoms with Gasteiger partial charge in [0, 0.05) is 12.8 Å². The van der Waals surface area contributed by atoms with Gasteiger partial charge in [-0.25, -0.2) is 0 Å². The molecule has 5 heteroatoms. The Bertz CT molecular complexity index is 395. The van der Waals surface area contributed by atoms with Crippen molar-refractivity contribution in [3.63, 3.8) is 0 Å². The van der Waals surface area contributed by atoms with E-state index in [9.17, 15) is 4.79 Å². The molecule has 1 fully saturated rings. The van der Waals surface area contributed by atoms with Crippen molar-refractivity contribution in [1.29, 1.82) is 0 Å². The van der Waals surface area contributed by atoms with E-state index in [0.717, 1.165) is 6.42 Å². The molecule has 0 saturated carbocycles. The minimum absolute atomic E-state index is 0.136. The summed E-state index contributed by atoms with van der Waals surface area (Å²) in [5.74, 6) is 0.117. The molecule has 0 aromatic carbocycles. The molecule has 1 aromatic rings. The van der Waals surface area contributed by atoms with Crippen molar-refractivity contribution in [1.82, 2.24) is 4.98 Å². The monoisotopic (exact) mass is 221 g/mol. The van der Waals surface area contributed by atoms with Crippen molar-refractivity contribution in [3.05, 3.63) is 18.5 Å². The van der Waals surface area contributed by atoms with Gasteiger partial charge in [0.25, 0.3) is 5.91 Å². The molecule has 2 atom stereocenters. The van der Waals surface area contributed by atoms with Gasteiger partial charge in [0.15, 0.2) is 0 Å². The second kappa shape index (κ2) is 4.49. The lowest BCUT2D eigenvalue weighted by Crippen LogP contribution is -2.31. The minimum Gasteiger partial charge on any atom is -0.396 e. The van der Waals surface area contributed by atoms with Gasteiger partial charge in [-0.2, -0.15) is 0 Å². The van der Waals surface area contributed by atoms with Crippen molar-refractivity contribution in [2.24, 2.45) is 5.92 Å². The van der Waals surface area contributed by atoms with Gasteiger partial charge in [-0.3, -0.25) is 9.78 Å². The second-order valence-corrected chi connectivity index (χ2v) is 4.01. The number of nitrogens with two attached hydrogens (primary N) is 1. The Morgan fingerprint density at radius 1 is 1.69 bits per heavy atom. The summed E-state index contributed by atoms with van der Waals surface area (Å²) >= 11 is 0. The number of rotatable bonds is 2. The first-order valence-electron chi connectivity index (χ1n) is 5.30. The molecule has 1 aliphatic heterocycles. The maximum absolute atomic E-state index is 11.9. The van der Waals surface area contributed by atoms with Gasteiger partial charge in [-0.1, -0.05) is 6.92 Å². The zero-order chi connectivity index (χ0) is 11.5. The highest BCUT2D eigenvalue weighted by Crippen LogP contribution is 2.23. The third-order valence-corrected chi connectivity index (χ3v) is 2.76. The van der Waals surface area contributed by atoms with Crippen molar-refractivity contribution in [3.8, 4) is 0 Å². The fourth-order valence-electron chi connectivity index (χ4n) is 1.76. The van der Waals surface area contributed by atoms with Gasteiger partial charge in [-0.15, -0.1) is 0 Å². The van der Waals surface area contributed by atoms with Gasteiger partial charge in [0.1, 0.15) is 6.10 Å². The first kappa shape index (κ1) is 10.9. The number of aromatic nitrogens is 1. The highest BCUT2D eigenvalue weighted by molar-refractivity contribution is 5.96. The van der Waals surface area contributed by atoms with E-state index in [1.807, 2.05) is 6.92 Å². The molecule has 86 valence electrons. The van der Waals surface area contributed by atoms with Crippen LogP contribution in [0.15, 0.2) is 18.5 Å². The average Bonchev–Trinajstić information content (AvgIpc) is 2.68. The molecular formula is C11H15N3O2. The van der Waals surface area contributed by atoms with Crippen LogP contribution in [0.4, 0.5) is 11.4 Å². The molecule has 2 heterocycles. The van der Waals surface area contributed by atoms with Crippen LogP contribution in [0.1, 0.15) is 13.3 Å². The van der Waals surface area contributed by atoms with E-state index >= 15 is 0 Å². The topological polar surface area (TPSA) is 77.2 Å². The maximum atomic E-state index is 11.9. The van der Waals surface area contributed by atoms with E-state index in [1.165, 1.54) is 6.20 Å². The van der Waals surface area contributed by atoms with E-state index in [0.29, 0.717) is 18.0 Å². The summed E-state index contributed by atoms with van der Waals surface area (Å²) in [6, 6.07) is 1.67. The third kappa shape index (κ3) is 2.14. The number of nitrogen functional groups attached to an aromatic ring is 1. The lowest BCUT2D eigenvalue weighted by Gasteiger charge is -2.15. The van der Waals surface area contributed by atoms with Crippen LogP contribution in [0, 0.1) is 5.92 Å². The van der Waals surface area contributed by atoms with E-state index in [-0.39, 0.29) is 17.9 Å². The molecule has 1 aliphatic rings. The number of pyridine rings is 1. The van der Waals surface area contributed by atoms with Crippen molar-refractivity contribution >= 4 is 17.3 Å². The van der Waals surface area contributed by atoms with E-state index in [2.05, 4.69) is 10.3 Å². The summed E-state index contributed by atoms with van der Waals surface area (Å²) in [5.41, 5.74) is 6.73. The molecule has 0 radical (unpaired) electrons. The van der Waals surface area contributed by atoms with Gasteiger partial charge < -0.3 is 15.8 Å². The van der Waals surface area contributed by atoms with Gasteiger partial charge in [0.05, 0.1) is 17.6 Å². The largest absolute Gasteiger partial charge is 0.396 e. The van der Waals surface area contributed by atoms with Crippen LogP contribution < -0.4 is 11.1 Å². The number of nitrogens with one attached hydrogen (secondary N) is 1. The fourth-order valence-corrected chi connectivity index (χ4v) is 1.76. The molecule has 3 N–H and O–H groups in total. The fraction of sp³-hybridized carbons (Fsp3) is 0.455. The number of carbonyl (C=O) groups excluding carboxylic acids is 1. The number of carbonyl (C=O) groups is 1. The summed E-state index contributed by atoms with van der Waals surface area (Å²) < 4.78 is 5.37. The van der Waals surface area contributed by atoms with Crippen LogP contribution >= 0.6 is 0 Å². The summed E-state index contributed by atoms with van der Waals surface area (Å²) in [4.78, 5) is 15.7. The predicted molar refractivity (Wildman–Crippen MR) is 60.8 cm³/mol. The van der Waals surface area contributed by atoms with Crippen LogP contribution in [0.5, 0.6) is 0 Å². The highest BCUT2D eigenvalue weighted by atomic mass is 16.5. The Morgan fingerprint density at radius 3 is 3.12 bits per heavy atom. The van der Waals surface area contributed by atoms with E-state index in [1.54, 1.807) is 12.3 Å². The number of anilines is 2. The van der Waals surface area contributed by atoms with Crippen LogP contribution in [0.2, 0.25) is 0 Å².